The highest BCUT2D eigenvalue weighted by atomic mass is 16.2. The van der Waals surface area contributed by atoms with E-state index < -0.39 is 0 Å². The lowest BCUT2D eigenvalue weighted by Gasteiger charge is -2.33. The Morgan fingerprint density at radius 1 is 1.13 bits per heavy atom. The number of carbonyl (C=O) groups is 3. The van der Waals surface area contributed by atoms with Crippen molar-refractivity contribution in [3.63, 3.8) is 0 Å². The zero-order valence-electron chi connectivity index (χ0n) is 18.2. The number of pyridine rings is 1. The smallest absolute Gasteiger partial charge is 0.321 e. The normalized spacial score (nSPS) is 15.8. The van der Waals surface area contributed by atoms with E-state index in [0.717, 1.165) is 23.2 Å². The number of piperidine rings is 1. The van der Waals surface area contributed by atoms with E-state index in [9.17, 15) is 14.4 Å². The Morgan fingerprint density at radius 3 is 2.65 bits per heavy atom. The highest BCUT2D eigenvalue weighted by Crippen LogP contribution is 2.20. The second-order valence-electron chi connectivity index (χ2n) is 8.05. The maximum absolute atomic E-state index is 12.9. The predicted molar refractivity (Wildman–Crippen MR) is 120 cm³/mol. The number of likely N-dealkylation sites (tertiary alicyclic amines) is 1. The number of hydrogen-bond acceptors (Lipinski definition) is 4. The van der Waals surface area contributed by atoms with Crippen molar-refractivity contribution in [1.29, 1.82) is 0 Å². The maximum Gasteiger partial charge on any atom is 0.321 e. The van der Waals surface area contributed by atoms with Gasteiger partial charge in [0.2, 0.25) is 11.8 Å². The largest absolute Gasteiger partial charge is 0.336 e. The molecule has 2 N–H and O–H groups in total. The van der Waals surface area contributed by atoms with Crippen LogP contribution in [0, 0.1) is 19.8 Å². The molecule has 164 valence electrons. The summed E-state index contributed by atoms with van der Waals surface area (Å²) in [5, 5.41) is 5.61. The molecule has 1 fully saturated rings. The van der Waals surface area contributed by atoms with Gasteiger partial charge in [0.25, 0.3) is 0 Å². The van der Waals surface area contributed by atoms with Crippen LogP contribution in [0.3, 0.4) is 0 Å². The van der Waals surface area contributed by atoms with Crippen molar-refractivity contribution < 1.29 is 14.4 Å². The van der Waals surface area contributed by atoms with Gasteiger partial charge in [-0.15, -0.1) is 0 Å². The van der Waals surface area contributed by atoms with E-state index in [1.807, 2.05) is 44.2 Å². The number of anilines is 2. The minimum atomic E-state index is -0.327. The van der Waals surface area contributed by atoms with E-state index in [4.69, 9.17) is 0 Å². The fraction of sp³-hybridized carbons (Fsp3) is 0.391. The summed E-state index contributed by atoms with van der Waals surface area (Å²) in [5.41, 5.74) is 2.78. The van der Waals surface area contributed by atoms with Crippen LogP contribution in [0.25, 0.3) is 0 Å². The van der Waals surface area contributed by atoms with Crippen molar-refractivity contribution in [2.24, 2.45) is 5.92 Å². The van der Waals surface area contributed by atoms with Gasteiger partial charge in [0.15, 0.2) is 0 Å². The summed E-state index contributed by atoms with van der Waals surface area (Å²) in [5.74, 6) is -0.311. The molecule has 8 nitrogen and oxygen atoms in total. The molecule has 1 unspecified atom stereocenters. The Balaban J connectivity index is 1.53. The SMILES string of the molecule is Cc1cccc(NC(=O)N2CCCC(C(=O)N(C)CC(=O)Nc3cc(C)ccn3)C2)c1. The van der Waals surface area contributed by atoms with Crippen LogP contribution >= 0.6 is 0 Å². The van der Waals surface area contributed by atoms with Gasteiger partial charge in [0.1, 0.15) is 5.82 Å². The molecular weight excluding hydrogens is 394 g/mol. The molecule has 0 radical (unpaired) electrons. The van der Waals surface area contributed by atoms with Crippen molar-refractivity contribution in [3.8, 4) is 0 Å². The van der Waals surface area contributed by atoms with E-state index in [1.54, 1.807) is 24.2 Å². The predicted octanol–water partition coefficient (Wildman–Crippen LogP) is 3.04. The van der Waals surface area contributed by atoms with Gasteiger partial charge in [-0.3, -0.25) is 9.59 Å². The molecular formula is C23H29N5O3. The average Bonchev–Trinajstić information content (AvgIpc) is 2.73. The Labute approximate surface area is 182 Å². The number of likely N-dealkylation sites (N-methyl/N-ethyl adjacent to an activating group) is 1. The quantitative estimate of drug-likeness (QED) is 0.773. The number of benzene rings is 1. The molecule has 0 saturated carbocycles. The molecule has 0 bridgehead atoms. The summed E-state index contributed by atoms with van der Waals surface area (Å²) in [6.07, 6.45) is 3.06. The summed E-state index contributed by atoms with van der Waals surface area (Å²) < 4.78 is 0. The number of nitrogens with one attached hydrogen (secondary N) is 2. The lowest BCUT2D eigenvalue weighted by Crippen LogP contribution is -2.48. The Morgan fingerprint density at radius 2 is 1.90 bits per heavy atom. The standard InChI is InChI=1S/C23H29N5O3/c1-16-6-4-8-19(12-16)25-23(31)28-11-5-7-18(14-28)22(30)27(3)15-21(29)26-20-13-17(2)9-10-24-20/h4,6,8-10,12-13,18H,5,7,11,14-15H2,1-3H3,(H,25,31)(H,24,26,29). The molecule has 1 aliphatic rings. The number of nitrogens with zero attached hydrogens (tertiary/aromatic N) is 3. The molecule has 3 rings (SSSR count). The van der Waals surface area contributed by atoms with Crippen LogP contribution in [0.5, 0.6) is 0 Å². The van der Waals surface area contributed by atoms with Crippen LogP contribution in [-0.2, 0) is 9.59 Å². The van der Waals surface area contributed by atoms with Crippen molar-refractivity contribution in [2.45, 2.75) is 26.7 Å². The minimum Gasteiger partial charge on any atom is -0.336 e. The van der Waals surface area contributed by atoms with E-state index in [2.05, 4.69) is 15.6 Å². The van der Waals surface area contributed by atoms with Crippen molar-refractivity contribution in [2.75, 3.05) is 37.3 Å². The summed E-state index contributed by atoms with van der Waals surface area (Å²) in [4.78, 5) is 45.0. The van der Waals surface area contributed by atoms with Gasteiger partial charge in [-0.05, 0) is 62.1 Å². The van der Waals surface area contributed by atoms with E-state index >= 15 is 0 Å². The van der Waals surface area contributed by atoms with Crippen molar-refractivity contribution in [3.05, 3.63) is 53.7 Å². The number of aromatic nitrogens is 1. The molecule has 1 aromatic heterocycles. The lowest BCUT2D eigenvalue weighted by atomic mass is 9.97. The van der Waals surface area contributed by atoms with Gasteiger partial charge in [0, 0.05) is 32.0 Å². The summed E-state index contributed by atoms with van der Waals surface area (Å²) in [6.45, 7) is 4.75. The van der Waals surface area contributed by atoms with Gasteiger partial charge in [-0.1, -0.05) is 12.1 Å². The molecule has 1 aliphatic heterocycles. The zero-order valence-corrected chi connectivity index (χ0v) is 18.2. The molecule has 2 heterocycles. The topological polar surface area (TPSA) is 94.6 Å². The third kappa shape index (κ3) is 6.28. The average molecular weight is 424 g/mol. The summed E-state index contributed by atoms with van der Waals surface area (Å²) >= 11 is 0. The summed E-state index contributed by atoms with van der Waals surface area (Å²) in [7, 11) is 1.61. The maximum atomic E-state index is 12.9. The fourth-order valence-electron chi connectivity index (χ4n) is 3.68. The van der Waals surface area contributed by atoms with Gasteiger partial charge in [0.05, 0.1) is 12.5 Å². The number of hydrogen-bond donors (Lipinski definition) is 2. The summed E-state index contributed by atoms with van der Waals surface area (Å²) in [6, 6.07) is 11.0. The van der Waals surface area contributed by atoms with Crippen molar-refractivity contribution in [1.82, 2.24) is 14.8 Å². The third-order valence-corrected chi connectivity index (χ3v) is 5.27. The Hall–Kier alpha value is -3.42. The number of urea groups is 1. The molecule has 31 heavy (non-hydrogen) atoms. The van der Waals surface area contributed by atoms with E-state index in [1.165, 1.54) is 4.90 Å². The van der Waals surface area contributed by atoms with Gasteiger partial charge in [-0.25, -0.2) is 9.78 Å². The number of carbonyl (C=O) groups excluding carboxylic acids is 3. The second-order valence-corrected chi connectivity index (χ2v) is 8.05. The monoisotopic (exact) mass is 423 g/mol. The van der Waals surface area contributed by atoms with Gasteiger partial charge >= 0.3 is 6.03 Å². The molecule has 2 aromatic rings. The zero-order chi connectivity index (χ0) is 22.4. The van der Waals surface area contributed by atoms with Gasteiger partial charge in [-0.2, -0.15) is 0 Å². The minimum absolute atomic E-state index is 0.0690. The highest BCUT2D eigenvalue weighted by molar-refractivity contribution is 5.94. The van der Waals surface area contributed by atoms with Crippen LogP contribution in [0.15, 0.2) is 42.6 Å². The lowest BCUT2D eigenvalue weighted by molar-refractivity contribution is -0.138. The molecule has 0 spiro atoms. The van der Waals surface area contributed by atoms with Crippen LogP contribution in [0.1, 0.15) is 24.0 Å². The van der Waals surface area contributed by atoms with Crippen molar-refractivity contribution >= 4 is 29.4 Å². The molecule has 8 heteroatoms. The first kappa shape index (κ1) is 22.3. The highest BCUT2D eigenvalue weighted by Gasteiger charge is 2.30. The second kappa shape index (κ2) is 10.1. The molecule has 4 amide bonds. The molecule has 1 atom stereocenters. The Bertz CT molecular complexity index is 962. The van der Waals surface area contributed by atoms with Crippen LogP contribution in [0.4, 0.5) is 16.3 Å². The molecule has 0 aliphatic carbocycles. The number of aryl methyl sites for hydroxylation is 2. The van der Waals surface area contributed by atoms with E-state index in [0.29, 0.717) is 25.3 Å². The first-order chi connectivity index (χ1) is 14.8. The van der Waals surface area contributed by atoms with E-state index in [-0.39, 0.29) is 30.3 Å². The Kier molecular flexibility index (Phi) is 7.23. The molecule has 1 aromatic carbocycles. The van der Waals surface area contributed by atoms with Crippen LogP contribution < -0.4 is 10.6 Å². The fourth-order valence-corrected chi connectivity index (χ4v) is 3.68. The van der Waals surface area contributed by atoms with Gasteiger partial charge < -0.3 is 20.4 Å². The van der Waals surface area contributed by atoms with Crippen LogP contribution in [0.2, 0.25) is 0 Å². The number of rotatable bonds is 5. The first-order valence-corrected chi connectivity index (χ1v) is 10.4. The first-order valence-electron chi connectivity index (χ1n) is 10.4. The molecule has 1 saturated heterocycles. The van der Waals surface area contributed by atoms with Crippen LogP contribution in [-0.4, -0.2) is 59.3 Å². The third-order valence-electron chi connectivity index (χ3n) is 5.27. The number of amides is 4.